The minimum absolute atomic E-state index is 0.0682. The Labute approximate surface area is 143 Å². The third kappa shape index (κ3) is 6.09. The molecule has 0 bridgehead atoms. The second-order valence-electron chi connectivity index (χ2n) is 5.01. The maximum absolute atomic E-state index is 13.4. The number of ether oxygens (including phenoxy) is 1. The van der Waals surface area contributed by atoms with Crippen LogP contribution in [0, 0.1) is 5.82 Å². The molecule has 0 radical (unpaired) electrons. The van der Waals surface area contributed by atoms with Crippen molar-refractivity contribution in [2.45, 2.75) is 6.42 Å². The zero-order valence-corrected chi connectivity index (χ0v) is 13.3. The third-order valence-electron chi connectivity index (χ3n) is 3.18. The van der Waals surface area contributed by atoms with E-state index in [0.717, 1.165) is 0 Å². The number of esters is 1. The van der Waals surface area contributed by atoms with Crippen LogP contribution >= 0.6 is 0 Å². The summed E-state index contributed by atoms with van der Waals surface area (Å²) in [5.41, 5.74) is 0.487. The molecule has 8 heteroatoms. The number of benzene rings is 1. The highest BCUT2D eigenvalue weighted by Crippen LogP contribution is 2.06. The monoisotopic (exact) mass is 348 g/mol. The number of rotatable bonds is 8. The van der Waals surface area contributed by atoms with Crippen LogP contribution in [0.2, 0.25) is 0 Å². The average Bonchev–Trinajstić information content (AvgIpc) is 3.14. The average molecular weight is 348 g/mol. The van der Waals surface area contributed by atoms with Gasteiger partial charge in [0.1, 0.15) is 12.4 Å². The normalized spacial score (nSPS) is 10.1. The Morgan fingerprint density at radius 3 is 2.60 bits per heavy atom. The van der Waals surface area contributed by atoms with Crippen LogP contribution in [0.4, 0.5) is 4.39 Å². The number of amides is 2. The van der Waals surface area contributed by atoms with Gasteiger partial charge < -0.3 is 19.8 Å². The summed E-state index contributed by atoms with van der Waals surface area (Å²) in [6, 6.07) is 9.25. The van der Waals surface area contributed by atoms with E-state index in [-0.39, 0.29) is 24.7 Å². The molecule has 0 aliphatic rings. The second-order valence-corrected chi connectivity index (χ2v) is 5.01. The molecule has 1 aromatic heterocycles. The largest absolute Gasteiger partial charge is 0.459 e. The first-order valence-corrected chi connectivity index (χ1v) is 7.53. The second kappa shape index (κ2) is 9.21. The molecule has 0 saturated carbocycles. The third-order valence-corrected chi connectivity index (χ3v) is 3.18. The van der Waals surface area contributed by atoms with Crippen LogP contribution in [0.25, 0.3) is 0 Å². The molecule has 0 aliphatic carbocycles. The molecule has 2 rings (SSSR count). The van der Waals surface area contributed by atoms with E-state index in [4.69, 9.17) is 9.15 Å². The van der Waals surface area contributed by atoms with Crippen molar-refractivity contribution in [2.75, 3.05) is 19.7 Å². The molecular weight excluding hydrogens is 331 g/mol. The first kappa shape index (κ1) is 18.2. The van der Waals surface area contributed by atoms with Gasteiger partial charge in [0, 0.05) is 6.54 Å². The Hall–Kier alpha value is -3.16. The minimum Gasteiger partial charge on any atom is -0.459 e. The molecule has 0 fully saturated rings. The van der Waals surface area contributed by atoms with Gasteiger partial charge in [-0.1, -0.05) is 18.2 Å². The lowest BCUT2D eigenvalue weighted by Gasteiger charge is -2.07. The van der Waals surface area contributed by atoms with E-state index in [2.05, 4.69) is 10.6 Å². The Morgan fingerprint density at radius 2 is 1.88 bits per heavy atom. The maximum Gasteiger partial charge on any atom is 0.325 e. The Balaban J connectivity index is 1.60. The van der Waals surface area contributed by atoms with Crippen LogP contribution < -0.4 is 10.6 Å². The molecular formula is C17H17FN2O5. The van der Waals surface area contributed by atoms with E-state index >= 15 is 0 Å². The highest BCUT2D eigenvalue weighted by Gasteiger charge is 2.12. The fraction of sp³-hybridized carbons (Fsp3) is 0.235. The number of hydrogen-bond donors (Lipinski definition) is 2. The van der Waals surface area contributed by atoms with Gasteiger partial charge >= 0.3 is 5.97 Å². The lowest BCUT2D eigenvalue weighted by atomic mass is 10.1. The Morgan fingerprint density at radius 1 is 1.08 bits per heavy atom. The highest BCUT2D eigenvalue weighted by molar-refractivity contribution is 5.93. The number of furan rings is 1. The molecule has 132 valence electrons. The maximum atomic E-state index is 13.4. The first-order valence-electron chi connectivity index (χ1n) is 7.53. The van der Waals surface area contributed by atoms with Gasteiger partial charge in [0.05, 0.1) is 6.26 Å². The SMILES string of the molecule is O=C(COC(=O)CNC(=O)c1ccco1)NCCc1ccccc1F. The van der Waals surface area contributed by atoms with Crippen molar-refractivity contribution in [1.29, 1.82) is 0 Å². The van der Waals surface area contributed by atoms with Crippen LogP contribution in [-0.4, -0.2) is 37.5 Å². The molecule has 0 aliphatic heterocycles. The number of halogens is 1. The number of carbonyl (C=O) groups is 3. The number of nitrogens with one attached hydrogen (secondary N) is 2. The van der Waals surface area contributed by atoms with Gasteiger partial charge in [-0.3, -0.25) is 14.4 Å². The topological polar surface area (TPSA) is 97.6 Å². The van der Waals surface area contributed by atoms with E-state index in [1.807, 2.05) is 0 Å². The molecule has 1 aromatic carbocycles. The molecule has 0 atom stereocenters. The minimum atomic E-state index is -0.760. The summed E-state index contributed by atoms with van der Waals surface area (Å²) in [6.07, 6.45) is 1.66. The van der Waals surface area contributed by atoms with Gasteiger partial charge in [-0.25, -0.2) is 4.39 Å². The van der Waals surface area contributed by atoms with Crippen molar-refractivity contribution in [1.82, 2.24) is 10.6 Å². The highest BCUT2D eigenvalue weighted by atomic mass is 19.1. The van der Waals surface area contributed by atoms with Gasteiger partial charge in [-0.2, -0.15) is 0 Å². The van der Waals surface area contributed by atoms with Crippen molar-refractivity contribution < 1.29 is 27.9 Å². The molecule has 1 heterocycles. The summed E-state index contributed by atoms with van der Waals surface area (Å²) in [5.74, 6) is -2.10. The Bertz CT molecular complexity index is 730. The molecule has 2 amide bonds. The van der Waals surface area contributed by atoms with Crippen molar-refractivity contribution in [3.63, 3.8) is 0 Å². The first-order chi connectivity index (χ1) is 12.1. The number of carbonyl (C=O) groups excluding carboxylic acids is 3. The molecule has 0 spiro atoms. The van der Waals surface area contributed by atoms with E-state index in [9.17, 15) is 18.8 Å². The van der Waals surface area contributed by atoms with E-state index in [1.165, 1.54) is 18.4 Å². The number of hydrogen-bond acceptors (Lipinski definition) is 5. The zero-order chi connectivity index (χ0) is 18.1. The van der Waals surface area contributed by atoms with Gasteiger partial charge in [0.25, 0.3) is 11.8 Å². The van der Waals surface area contributed by atoms with Crippen molar-refractivity contribution in [3.8, 4) is 0 Å². The summed E-state index contributed by atoms with van der Waals surface area (Å²) in [6.45, 7) is -0.651. The van der Waals surface area contributed by atoms with Crippen molar-refractivity contribution in [2.24, 2.45) is 0 Å². The van der Waals surface area contributed by atoms with Gasteiger partial charge in [0.2, 0.25) is 0 Å². The standard InChI is InChI=1S/C17H17FN2O5/c18-13-5-2-1-4-12(13)7-8-19-15(21)11-25-16(22)10-20-17(23)14-6-3-9-24-14/h1-6,9H,7-8,10-11H2,(H,19,21)(H,20,23). The molecule has 2 N–H and O–H groups in total. The fourth-order valence-electron chi connectivity index (χ4n) is 1.93. The van der Waals surface area contributed by atoms with E-state index in [0.29, 0.717) is 12.0 Å². The van der Waals surface area contributed by atoms with E-state index < -0.39 is 24.4 Å². The fourth-order valence-corrected chi connectivity index (χ4v) is 1.93. The summed E-state index contributed by atoms with van der Waals surface area (Å²) >= 11 is 0. The molecule has 0 saturated heterocycles. The predicted molar refractivity (Wildman–Crippen MR) is 85.1 cm³/mol. The quantitative estimate of drug-likeness (QED) is 0.695. The smallest absolute Gasteiger partial charge is 0.325 e. The Kier molecular flexibility index (Phi) is 6.70. The van der Waals surface area contributed by atoms with Gasteiger partial charge in [-0.15, -0.1) is 0 Å². The van der Waals surface area contributed by atoms with Crippen molar-refractivity contribution >= 4 is 17.8 Å². The van der Waals surface area contributed by atoms with Crippen LogP contribution in [0.1, 0.15) is 16.1 Å². The lowest BCUT2D eigenvalue weighted by molar-refractivity contribution is -0.147. The molecule has 0 unspecified atom stereocenters. The summed E-state index contributed by atoms with van der Waals surface area (Å²) in [4.78, 5) is 34.6. The van der Waals surface area contributed by atoms with Crippen LogP contribution in [0.5, 0.6) is 0 Å². The molecule has 2 aromatic rings. The van der Waals surface area contributed by atoms with Gasteiger partial charge in [0.15, 0.2) is 12.4 Å². The van der Waals surface area contributed by atoms with Crippen molar-refractivity contribution in [3.05, 3.63) is 59.8 Å². The predicted octanol–water partition coefficient (Wildman–Crippen LogP) is 1.05. The van der Waals surface area contributed by atoms with E-state index in [1.54, 1.807) is 24.3 Å². The van der Waals surface area contributed by atoms with Crippen LogP contribution in [0.3, 0.4) is 0 Å². The van der Waals surface area contributed by atoms with Crippen LogP contribution in [0.15, 0.2) is 47.1 Å². The lowest BCUT2D eigenvalue weighted by Crippen LogP contribution is -2.34. The summed E-state index contributed by atoms with van der Waals surface area (Å²) < 4.78 is 23.0. The van der Waals surface area contributed by atoms with Gasteiger partial charge in [-0.05, 0) is 30.2 Å². The van der Waals surface area contributed by atoms with Crippen LogP contribution in [-0.2, 0) is 20.7 Å². The zero-order valence-electron chi connectivity index (χ0n) is 13.3. The molecule has 25 heavy (non-hydrogen) atoms. The summed E-state index contributed by atoms with van der Waals surface area (Å²) in [5, 5.41) is 4.81. The summed E-state index contributed by atoms with van der Waals surface area (Å²) in [7, 11) is 0. The molecule has 7 nitrogen and oxygen atoms in total.